The van der Waals surface area contributed by atoms with Gasteiger partial charge in [-0.15, -0.1) is 10.2 Å². The second kappa shape index (κ2) is 10.0. The van der Waals surface area contributed by atoms with Crippen molar-refractivity contribution in [2.75, 3.05) is 27.2 Å². The number of halogens is 1. The zero-order chi connectivity index (χ0) is 22.7. The Kier molecular flexibility index (Phi) is 7.61. The molecule has 2 unspecified atom stereocenters. The zero-order valence-corrected chi connectivity index (χ0v) is 19.9. The molecule has 31 heavy (non-hydrogen) atoms. The van der Waals surface area contributed by atoms with Crippen LogP contribution in [0, 0.1) is 5.92 Å². The number of carbonyl (C=O) groups excluding carboxylic acids is 2. The molecule has 0 bridgehead atoms. The fourth-order valence-corrected chi connectivity index (χ4v) is 4.63. The van der Waals surface area contributed by atoms with Crippen LogP contribution in [0.25, 0.3) is 5.69 Å². The average molecular weight is 465 g/mol. The molecule has 0 spiro atoms. The van der Waals surface area contributed by atoms with Crippen molar-refractivity contribution >= 4 is 35.2 Å². The van der Waals surface area contributed by atoms with Gasteiger partial charge in [-0.3, -0.25) is 19.1 Å². The van der Waals surface area contributed by atoms with Crippen LogP contribution in [0.5, 0.6) is 0 Å². The fraction of sp³-hybridized carbons (Fsp3) is 0.524. The molecule has 0 saturated carbocycles. The average Bonchev–Trinajstić information content (AvgIpc) is 3.16. The van der Waals surface area contributed by atoms with Crippen LogP contribution in [0.3, 0.4) is 0 Å². The Bertz CT molecular complexity index is 924. The maximum atomic E-state index is 13.0. The summed E-state index contributed by atoms with van der Waals surface area (Å²) < 4.78 is 1.98. The van der Waals surface area contributed by atoms with E-state index < -0.39 is 0 Å². The monoisotopic (exact) mass is 464 g/mol. The van der Waals surface area contributed by atoms with Crippen molar-refractivity contribution in [3.8, 4) is 5.69 Å². The highest BCUT2D eigenvalue weighted by Crippen LogP contribution is 2.31. The standard InChI is InChI=1S/C21H29ClN6O2S/c1-13(26(3)4)19-24-25-21(28(19)17-7-5-16(22)6-8-17)31-14(2)20(30)27-11-9-15(10-12-27)18(23)29/h5-8,13-15H,9-12H2,1-4H3,(H2,23,29). The molecule has 10 heteroatoms. The molecule has 1 fully saturated rings. The van der Waals surface area contributed by atoms with Crippen LogP contribution in [-0.4, -0.2) is 68.8 Å². The second-order valence-electron chi connectivity index (χ2n) is 8.05. The normalized spacial score (nSPS) is 17.0. The summed E-state index contributed by atoms with van der Waals surface area (Å²) in [7, 11) is 3.97. The highest BCUT2D eigenvalue weighted by molar-refractivity contribution is 8.00. The van der Waals surface area contributed by atoms with E-state index in [1.54, 1.807) is 0 Å². The first-order valence-corrected chi connectivity index (χ1v) is 11.6. The Morgan fingerprint density at radius 3 is 2.32 bits per heavy atom. The lowest BCUT2D eigenvalue weighted by Gasteiger charge is -2.32. The lowest BCUT2D eigenvalue weighted by molar-refractivity contribution is -0.134. The van der Waals surface area contributed by atoms with Gasteiger partial charge in [0.15, 0.2) is 11.0 Å². The molecule has 0 aliphatic carbocycles. The quantitative estimate of drug-likeness (QED) is 0.633. The smallest absolute Gasteiger partial charge is 0.235 e. The van der Waals surface area contributed by atoms with E-state index in [4.69, 9.17) is 17.3 Å². The van der Waals surface area contributed by atoms with Gasteiger partial charge in [-0.25, -0.2) is 0 Å². The molecule has 2 N–H and O–H groups in total. The number of aromatic nitrogens is 3. The van der Waals surface area contributed by atoms with Crippen LogP contribution >= 0.6 is 23.4 Å². The summed E-state index contributed by atoms with van der Waals surface area (Å²) in [5.74, 6) is 0.390. The van der Waals surface area contributed by atoms with Crippen molar-refractivity contribution in [2.45, 2.75) is 43.1 Å². The highest BCUT2D eigenvalue weighted by atomic mass is 35.5. The highest BCUT2D eigenvalue weighted by Gasteiger charge is 2.30. The number of benzene rings is 1. The van der Waals surface area contributed by atoms with E-state index in [2.05, 4.69) is 22.0 Å². The molecule has 0 radical (unpaired) electrons. The number of hydrogen-bond acceptors (Lipinski definition) is 6. The number of thioether (sulfide) groups is 1. The van der Waals surface area contributed by atoms with E-state index in [0.717, 1.165) is 11.5 Å². The molecule has 1 aliphatic heterocycles. The summed E-state index contributed by atoms with van der Waals surface area (Å²) in [6.07, 6.45) is 1.23. The van der Waals surface area contributed by atoms with Crippen LogP contribution < -0.4 is 5.73 Å². The predicted molar refractivity (Wildman–Crippen MR) is 122 cm³/mol. The molecular formula is C21H29ClN6O2S. The lowest BCUT2D eigenvalue weighted by atomic mass is 9.96. The summed E-state index contributed by atoms with van der Waals surface area (Å²) in [5, 5.41) is 9.79. The van der Waals surface area contributed by atoms with Gasteiger partial charge in [0.1, 0.15) is 0 Å². The summed E-state index contributed by atoms with van der Waals surface area (Å²) >= 11 is 7.46. The maximum absolute atomic E-state index is 13.0. The van der Waals surface area contributed by atoms with Gasteiger partial charge in [0.05, 0.1) is 11.3 Å². The third-order valence-electron chi connectivity index (χ3n) is 5.73. The number of nitrogens with zero attached hydrogens (tertiary/aromatic N) is 5. The van der Waals surface area contributed by atoms with Gasteiger partial charge in [0.25, 0.3) is 0 Å². The number of carbonyl (C=O) groups is 2. The van der Waals surface area contributed by atoms with E-state index in [0.29, 0.717) is 36.1 Å². The number of primary amides is 1. The Morgan fingerprint density at radius 2 is 1.77 bits per heavy atom. The summed E-state index contributed by atoms with van der Waals surface area (Å²) in [4.78, 5) is 28.3. The lowest BCUT2D eigenvalue weighted by Crippen LogP contribution is -2.44. The fourth-order valence-electron chi connectivity index (χ4n) is 3.54. The van der Waals surface area contributed by atoms with Gasteiger partial charge in [0.2, 0.25) is 11.8 Å². The molecule has 2 atom stereocenters. The largest absolute Gasteiger partial charge is 0.369 e. The van der Waals surface area contributed by atoms with Crippen LogP contribution in [0.15, 0.2) is 29.4 Å². The van der Waals surface area contributed by atoms with E-state index in [-0.39, 0.29) is 29.0 Å². The molecule has 168 valence electrons. The minimum absolute atomic E-state index is 0.0244. The number of amides is 2. The number of rotatable bonds is 7. The van der Waals surface area contributed by atoms with Gasteiger partial charge < -0.3 is 10.6 Å². The van der Waals surface area contributed by atoms with Gasteiger partial charge >= 0.3 is 0 Å². The Morgan fingerprint density at radius 1 is 1.16 bits per heavy atom. The van der Waals surface area contributed by atoms with Gasteiger partial charge in [-0.05, 0) is 65.0 Å². The van der Waals surface area contributed by atoms with Crippen LogP contribution in [-0.2, 0) is 9.59 Å². The van der Waals surface area contributed by atoms with Crippen molar-refractivity contribution in [2.24, 2.45) is 11.7 Å². The molecular weight excluding hydrogens is 436 g/mol. The Balaban J connectivity index is 1.81. The first-order chi connectivity index (χ1) is 14.7. The van der Waals surface area contributed by atoms with Crippen molar-refractivity contribution in [1.29, 1.82) is 0 Å². The van der Waals surface area contributed by atoms with Gasteiger partial charge in [0, 0.05) is 29.7 Å². The number of piperidine rings is 1. The molecule has 2 heterocycles. The topological polar surface area (TPSA) is 97.3 Å². The van der Waals surface area contributed by atoms with Crippen molar-refractivity contribution in [3.05, 3.63) is 35.1 Å². The van der Waals surface area contributed by atoms with E-state index in [9.17, 15) is 9.59 Å². The van der Waals surface area contributed by atoms with E-state index >= 15 is 0 Å². The zero-order valence-electron chi connectivity index (χ0n) is 18.3. The number of hydrogen-bond donors (Lipinski definition) is 1. The van der Waals surface area contributed by atoms with Crippen molar-refractivity contribution in [1.82, 2.24) is 24.6 Å². The first-order valence-electron chi connectivity index (χ1n) is 10.3. The SMILES string of the molecule is CC(Sc1nnc(C(C)N(C)C)n1-c1ccc(Cl)cc1)C(=O)N1CCC(C(N)=O)CC1. The maximum Gasteiger partial charge on any atom is 0.235 e. The number of nitrogens with two attached hydrogens (primary N) is 1. The molecule has 1 aliphatic rings. The molecule has 8 nitrogen and oxygen atoms in total. The third kappa shape index (κ3) is 5.39. The minimum Gasteiger partial charge on any atom is -0.369 e. The van der Waals surface area contributed by atoms with Crippen LogP contribution in [0.1, 0.15) is 38.6 Å². The third-order valence-corrected chi connectivity index (χ3v) is 7.01. The Hall–Kier alpha value is -2.10. The van der Waals surface area contributed by atoms with Crippen LogP contribution in [0.2, 0.25) is 5.02 Å². The molecule has 2 aromatic rings. The molecule has 2 amide bonds. The molecule has 1 saturated heterocycles. The molecule has 1 aromatic carbocycles. The predicted octanol–water partition coefficient (Wildman–Crippen LogP) is 2.75. The first kappa shape index (κ1) is 23.6. The molecule has 3 rings (SSSR count). The summed E-state index contributed by atoms with van der Waals surface area (Å²) in [5.41, 5.74) is 6.29. The number of likely N-dealkylation sites (tertiary alicyclic amines) is 1. The van der Waals surface area contributed by atoms with E-state index in [1.165, 1.54) is 11.8 Å². The van der Waals surface area contributed by atoms with Crippen molar-refractivity contribution < 1.29 is 9.59 Å². The van der Waals surface area contributed by atoms with Crippen molar-refractivity contribution in [3.63, 3.8) is 0 Å². The van der Waals surface area contributed by atoms with Gasteiger partial charge in [-0.2, -0.15) is 0 Å². The Labute approximate surface area is 192 Å². The van der Waals surface area contributed by atoms with Gasteiger partial charge in [-0.1, -0.05) is 23.4 Å². The van der Waals surface area contributed by atoms with E-state index in [1.807, 2.05) is 54.8 Å². The molecule has 1 aromatic heterocycles. The summed E-state index contributed by atoms with van der Waals surface area (Å²) in [6, 6.07) is 7.52. The van der Waals surface area contributed by atoms with Crippen LogP contribution in [0.4, 0.5) is 0 Å². The summed E-state index contributed by atoms with van der Waals surface area (Å²) in [6.45, 7) is 5.03. The second-order valence-corrected chi connectivity index (χ2v) is 9.80. The minimum atomic E-state index is -0.345.